The second-order valence-corrected chi connectivity index (χ2v) is 11.1. The van der Waals surface area contributed by atoms with Gasteiger partial charge in [0.1, 0.15) is 10.3 Å². The summed E-state index contributed by atoms with van der Waals surface area (Å²) in [6, 6.07) is 9.92. The third kappa shape index (κ3) is 4.70. The lowest BCUT2D eigenvalue weighted by molar-refractivity contribution is -0.133. The van der Waals surface area contributed by atoms with Crippen molar-refractivity contribution in [2.45, 2.75) is 23.2 Å². The minimum atomic E-state index is -3.70. The van der Waals surface area contributed by atoms with Crippen LogP contribution in [0.25, 0.3) is 10.9 Å². The van der Waals surface area contributed by atoms with E-state index >= 15 is 0 Å². The summed E-state index contributed by atoms with van der Waals surface area (Å²) < 4.78 is 29.4. The molecule has 3 aromatic heterocycles. The number of thiophene rings is 1. The average Bonchev–Trinajstić information content (AvgIpc) is 3.50. The van der Waals surface area contributed by atoms with E-state index in [1.807, 2.05) is 24.3 Å². The summed E-state index contributed by atoms with van der Waals surface area (Å²) in [7, 11) is -3.70. The zero-order chi connectivity index (χ0) is 22.0. The smallest absolute Gasteiger partial charge is 0.268 e. The van der Waals surface area contributed by atoms with E-state index in [0.717, 1.165) is 27.8 Å². The normalized spacial score (nSPS) is 12.8. The van der Waals surface area contributed by atoms with Crippen LogP contribution in [0.5, 0.6) is 0 Å². The molecular weight excluding hydrogens is 508 g/mol. The zero-order valence-corrected chi connectivity index (χ0v) is 19.0. The molecule has 1 aromatic carbocycles. The molecule has 0 saturated heterocycles. The molecule has 31 heavy (non-hydrogen) atoms. The van der Waals surface area contributed by atoms with Gasteiger partial charge in [-0.2, -0.15) is 0 Å². The van der Waals surface area contributed by atoms with Crippen LogP contribution in [0.2, 0.25) is 0 Å². The van der Waals surface area contributed by atoms with Crippen molar-refractivity contribution in [2.24, 2.45) is 0 Å². The Morgan fingerprint density at radius 1 is 1.29 bits per heavy atom. The maximum Gasteiger partial charge on any atom is 0.268 e. The lowest BCUT2D eigenvalue weighted by Crippen LogP contribution is -2.32. The number of para-hydroxylation sites is 1. The Bertz CT molecular complexity index is 1330. The second-order valence-electron chi connectivity index (χ2n) is 6.63. The van der Waals surface area contributed by atoms with Crippen LogP contribution in [0.4, 0.5) is 0 Å². The molecule has 162 valence electrons. The van der Waals surface area contributed by atoms with Crippen molar-refractivity contribution in [3.63, 3.8) is 0 Å². The van der Waals surface area contributed by atoms with Crippen LogP contribution in [-0.2, 0) is 27.8 Å². The molecule has 1 amide bonds. The first-order valence-corrected chi connectivity index (χ1v) is 12.1. The van der Waals surface area contributed by atoms with Crippen molar-refractivity contribution in [3.8, 4) is 0 Å². The maximum absolute atomic E-state index is 12.4. The van der Waals surface area contributed by atoms with Crippen molar-refractivity contribution >= 4 is 54.1 Å². The molecule has 0 radical (unpaired) electrons. The minimum absolute atomic E-state index is 0.0988. The van der Waals surface area contributed by atoms with Gasteiger partial charge in [0.25, 0.3) is 5.91 Å². The molecule has 1 atom stereocenters. The summed E-state index contributed by atoms with van der Waals surface area (Å²) in [5, 5.41) is 18.1. The Morgan fingerprint density at radius 3 is 2.84 bits per heavy atom. The predicted molar refractivity (Wildman–Crippen MR) is 117 cm³/mol. The van der Waals surface area contributed by atoms with Gasteiger partial charge in [-0.15, -0.1) is 16.4 Å². The average molecular weight is 525 g/mol. The van der Waals surface area contributed by atoms with E-state index in [1.165, 1.54) is 16.9 Å². The number of nitrogens with one attached hydrogen (secondary N) is 3. The van der Waals surface area contributed by atoms with Crippen molar-refractivity contribution in [1.29, 1.82) is 0 Å². The van der Waals surface area contributed by atoms with Crippen LogP contribution < -0.4 is 10.2 Å². The van der Waals surface area contributed by atoms with Crippen molar-refractivity contribution < 1.29 is 18.4 Å². The lowest BCUT2D eigenvalue weighted by Gasteiger charge is -2.14. The van der Waals surface area contributed by atoms with Crippen LogP contribution in [0.3, 0.4) is 0 Å². The van der Waals surface area contributed by atoms with Crippen molar-refractivity contribution in [1.82, 2.24) is 30.2 Å². The number of hydrogen-bond acceptors (Lipinski definition) is 7. The van der Waals surface area contributed by atoms with Gasteiger partial charge in [0.15, 0.2) is 0 Å². The fourth-order valence-corrected chi connectivity index (χ4v) is 6.17. The molecule has 0 aliphatic carbocycles. The van der Waals surface area contributed by atoms with E-state index in [0.29, 0.717) is 9.48 Å². The monoisotopic (exact) mass is 524 g/mol. The molecule has 3 heterocycles. The largest absolute Gasteiger partial charge is 0.361 e. The molecule has 0 bridgehead atoms. The molecule has 10 nitrogen and oxygen atoms in total. The van der Waals surface area contributed by atoms with Crippen LogP contribution in [0.1, 0.15) is 17.3 Å². The molecule has 13 heteroatoms. The first-order valence-electron chi connectivity index (χ1n) is 9.02. The number of hydroxylamine groups is 1. The summed E-state index contributed by atoms with van der Waals surface area (Å²) in [5.74, 6) is -0.661. The highest BCUT2D eigenvalue weighted by Gasteiger charge is 2.24. The van der Waals surface area contributed by atoms with E-state index in [1.54, 1.807) is 17.7 Å². The third-order valence-electron chi connectivity index (χ3n) is 4.63. The number of hydrogen-bond donors (Lipinski definition) is 4. The summed E-state index contributed by atoms with van der Waals surface area (Å²) >= 11 is 4.33. The van der Waals surface area contributed by atoms with E-state index in [-0.39, 0.29) is 17.2 Å². The summed E-state index contributed by atoms with van der Waals surface area (Å²) in [5.41, 5.74) is 3.78. The van der Waals surface area contributed by atoms with E-state index in [2.05, 4.69) is 35.9 Å². The van der Waals surface area contributed by atoms with Crippen molar-refractivity contribution in [3.05, 3.63) is 63.8 Å². The Kier molecular flexibility index (Phi) is 6.20. The van der Waals surface area contributed by atoms with Gasteiger partial charge in [0.05, 0.1) is 22.2 Å². The van der Waals surface area contributed by atoms with Gasteiger partial charge < -0.3 is 4.98 Å². The van der Waals surface area contributed by atoms with Crippen molar-refractivity contribution in [2.75, 3.05) is 0 Å². The van der Waals surface area contributed by atoms with Crippen LogP contribution in [0, 0.1) is 0 Å². The minimum Gasteiger partial charge on any atom is -0.361 e. The van der Waals surface area contributed by atoms with Crippen LogP contribution in [0.15, 0.2) is 56.8 Å². The standard InChI is InChI=1S/C18H17BrN6O4S2/c19-16-5-6-17(30-16)31(28,29)21-9-12-10-25(24-22-12)15(18(26)23-27)7-11-8-20-14-4-2-1-3-13(11)14/h1-6,8,10,15,20-21,27H,7,9H2,(H,23,26)/t15-/m0/s1. The van der Waals surface area contributed by atoms with Gasteiger partial charge in [-0.3, -0.25) is 10.0 Å². The number of carbonyl (C=O) groups excluding carboxylic acids is 1. The van der Waals surface area contributed by atoms with Gasteiger partial charge >= 0.3 is 0 Å². The lowest BCUT2D eigenvalue weighted by atomic mass is 10.0. The Balaban J connectivity index is 1.52. The Labute approximate surface area is 189 Å². The number of benzene rings is 1. The fourth-order valence-electron chi connectivity index (χ4n) is 3.12. The highest BCUT2D eigenvalue weighted by molar-refractivity contribution is 9.11. The number of rotatable bonds is 8. The fraction of sp³-hybridized carbons (Fsp3) is 0.167. The molecule has 0 spiro atoms. The number of fused-ring (bicyclic) bond motifs is 1. The number of nitrogens with zero attached hydrogens (tertiary/aromatic N) is 3. The van der Waals surface area contributed by atoms with Crippen LogP contribution >= 0.6 is 27.3 Å². The summed E-state index contributed by atoms with van der Waals surface area (Å²) in [6.07, 6.45) is 3.52. The molecule has 4 N–H and O–H groups in total. The first kappa shape index (κ1) is 21.6. The quantitative estimate of drug-likeness (QED) is 0.206. The van der Waals surface area contributed by atoms with E-state index in [4.69, 9.17) is 0 Å². The number of aromatic nitrogens is 4. The molecular formula is C18H17BrN6O4S2. The van der Waals surface area contributed by atoms with Crippen LogP contribution in [-0.4, -0.2) is 39.5 Å². The zero-order valence-electron chi connectivity index (χ0n) is 15.8. The van der Waals surface area contributed by atoms with Gasteiger partial charge in [-0.1, -0.05) is 23.4 Å². The molecule has 0 aliphatic rings. The number of sulfonamides is 1. The van der Waals surface area contributed by atoms with Gasteiger partial charge in [0, 0.05) is 23.5 Å². The highest BCUT2D eigenvalue weighted by Crippen LogP contribution is 2.26. The van der Waals surface area contributed by atoms with Gasteiger partial charge in [-0.05, 0) is 39.7 Å². The summed E-state index contributed by atoms with van der Waals surface area (Å²) in [4.78, 5) is 15.5. The molecule has 0 saturated carbocycles. The predicted octanol–water partition coefficient (Wildman–Crippen LogP) is 2.35. The SMILES string of the molecule is O=C(NO)[C@H](Cc1c[nH]c2ccccc12)n1cc(CNS(=O)(=O)c2ccc(Br)s2)nn1. The maximum atomic E-state index is 12.4. The molecule has 0 fully saturated rings. The molecule has 4 aromatic rings. The topological polar surface area (TPSA) is 142 Å². The molecule has 0 unspecified atom stereocenters. The number of aromatic amines is 1. The Hall–Kier alpha value is -2.58. The summed E-state index contributed by atoms with van der Waals surface area (Å²) in [6.45, 7) is -0.0988. The molecule has 0 aliphatic heterocycles. The third-order valence-corrected chi connectivity index (χ3v) is 8.15. The number of H-pyrrole nitrogens is 1. The van der Waals surface area contributed by atoms with Gasteiger partial charge in [0.2, 0.25) is 10.0 Å². The number of halogens is 1. The Morgan fingerprint density at radius 2 is 2.10 bits per heavy atom. The molecule has 4 rings (SSSR count). The number of carbonyl (C=O) groups is 1. The highest BCUT2D eigenvalue weighted by atomic mass is 79.9. The number of amides is 1. The first-order chi connectivity index (χ1) is 14.9. The van der Waals surface area contributed by atoms with E-state index in [9.17, 15) is 18.4 Å². The van der Waals surface area contributed by atoms with E-state index < -0.39 is 22.0 Å². The second kappa shape index (κ2) is 8.88. The van der Waals surface area contributed by atoms with Gasteiger partial charge in [-0.25, -0.2) is 23.3 Å².